The first-order chi connectivity index (χ1) is 8.81. The number of ether oxygens (including phenoxy) is 1. The molecule has 1 aromatic rings. The van der Waals surface area contributed by atoms with Crippen LogP contribution in [0.4, 0.5) is 0 Å². The SMILES string of the molecule is CCOC(=O)C1CNCCN1Cc1ccccc1.Cl. The van der Waals surface area contributed by atoms with Gasteiger partial charge in [0, 0.05) is 26.2 Å². The molecule has 2 rings (SSSR count). The van der Waals surface area contributed by atoms with E-state index >= 15 is 0 Å². The number of carbonyl (C=O) groups is 1. The van der Waals surface area contributed by atoms with Gasteiger partial charge in [-0.2, -0.15) is 0 Å². The average Bonchev–Trinajstić information content (AvgIpc) is 2.41. The van der Waals surface area contributed by atoms with Gasteiger partial charge in [-0.15, -0.1) is 12.4 Å². The molecule has 0 radical (unpaired) electrons. The molecular formula is C14H21ClN2O2. The molecule has 1 N–H and O–H groups in total. The zero-order valence-corrected chi connectivity index (χ0v) is 12.0. The number of nitrogens with zero attached hydrogens (tertiary/aromatic N) is 1. The molecule has 19 heavy (non-hydrogen) atoms. The van der Waals surface area contributed by atoms with E-state index in [2.05, 4.69) is 22.3 Å². The highest BCUT2D eigenvalue weighted by atomic mass is 35.5. The minimum Gasteiger partial charge on any atom is -0.465 e. The Hall–Kier alpha value is -1.10. The van der Waals surface area contributed by atoms with E-state index in [1.165, 1.54) is 5.56 Å². The van der Waals surface area contributed by atoms with Crippen LogP contribution in [0.15, 0.2) is 30.3 Å². The second-order valence-corrected chi connectivity index (χ2v) is 4.43. The van der Waals surface area contributed by atoms with Gasteiger partial charge >= 0.3 is 5.97 Å². The van der Waals surface area contributed by atoms with Crippen molar-refractivity contribution in [3.63, 3.8) is 0 Å². The number of hydrogen-bond donors (Lipinski definition) is 1. The lowest BCUT2D eigenvalue weighted by atomic mass is 10.1. The first-order valence-corrected chi connectivity index (χ1v) is 6.46. The highest BCUT2D eigenvalue weighted by molar-refractivity contribution is 5.85. The summed E-state index contributed by atoms with van der Waals surface area (Å²) in [7, 11) is 0. The molecule has 106 valence electrons. The molecule has 0 bridgehead atoms. The van der Waals surface area contributed by atoms with Gasteiger partial charge < -0.3 is 10.1 Å². The highest BCUT2D eigenvalue weighted by Gasteiger charge is 2.29. The summed E-state index contributed by atoms with van der Waals surface area (Å²) in [5.74, 6) is -0.124. The lowest BCUT2D eigenvalue weighted by molar-refractivity contribution is -0.150. The Morgan fingerprint density at radius 1 is 1.42 bits per heavy atom. The number of piperazine rings is 1. The molecule has 0 aromatic heterocycles. The van der Waals surface area contributed by atoms with Crippen molar-refractivity contribution < 1.29 is 9.53 Å². The van der Waals surface area contributed by atoms with Gasteiger partial charge in [0.05, 0.1) is 6.61 Å². The summed E-state index contributed by atoms with van der Waals surface area (Å²) in [4.78, 5) is 14.1. The molecule has 1 heterocycles. The molecule has 1 aliphatic rings. The Kier molecular flexibility index (Phi) is 6.84. The second kappa shape index (κ2) is 8.15. The molecule has 1 fully saturated rings. The molecule has 5 heteroatoms. The van der Waals surface area contributed by atoms with Crippen molar-refractivity contribution in [1.82, 2.24) is 10.2 Å². The van der Waals surface area contributed by atoms with Gasteiger partial charge in [0.2, 0.25) is 0 Å². The molecule has 1 saturated heterocycles. The summed E-state index contributed by atoms with van der Waals surface area (Å²) in [6.45, 7) is 5.54. The van der Waals surface area contributed by atoms with Crippen molar-refractivity contribution in [2.75, 3.05) is 26.2 Å². The minimum atomic E-state index is -0.168. The topological polar surface area (TPSA) is 41.6 Å². The van der Waals surface area contributed by atoms with Crippen molar-refractivity contribution in [2.24, 2.45) is 0 Å². The quantitative estimate of drug-likeness (QED) is 0.850. The average molecular weight is 285 g/mol. The fourth-order valence-corrected chi connectivity index (χ4v) is 2.22. The van der Waals surface area contributed by atoms with Crippen LogP contribution in [0.5, 0.6) is 0 Å². The van der Waals surface area contributed by atoms with E-state index in [9.17, 15) is 4.79 Å². The third-order valence-corrected chi connectivity index (χ3v) is 3.14. The lowest BCUT2D eigenvalue weighted by Gasteiger charge is -2.34. The van der Waals surface area contributed by atoms with Crippen LogP contribution in [0.25, 0.3) is 0 Å². The van der Waals surface area contributed by atoms with E-state index in [1.54, 1.807) is 0 Å². The van der Waals surface area contributed by atoms with Crippen LogP contribution in [-0.4, -0.2) is 43.2 Å². The Balaban J connectivity index is 0.00000180. The van der Waals surface area contributed by atoms with Crippen molar-refractivity contribution in [3.05, 3.63) is 35.9 Å². The van der Waals surface area contributed by atoms with E-state index in [0.29, 0.717) is 13.2 Å². The van der Waals surface area contributed by atoms with E-state index in [4.69, 9.17) is 4.74 Å². The monoisotopic (exact) mass is 284 g/mol. The summed E-state index contributed by atoms with van der Waals surface area (Å²) in [6, 6.07) is 10.1. The normalized spacial score (nSPS) is 19.5. The summed E-state index contributed by atoms with van der Waals surface area (Å²) >= 11 is 0. The minimum absolute atomic E-state index is 0. The molecule has 0 saturated carbocycles. The Morgan fingerprint density at radius 3 is 2.84 bits per heavy atom. The van der Waals surface area contributed by atoms with Crippen LogP contribution in [0.2, 0.25) is 0 Å². The van der Waals surface area contributed by atoms with Gasteiger partial charge in [-0.25, -0.2) is 0 Å². The predicted molar refractivity (Wildman–Crippen MR) is 77.4 cm³/mol. The first-order valence-electron chi connectivity index (χ1n) is 6.46. The molecule has 0 spiro atoms. The molecule has 0 amide bonds. The number of benzene rings is 1. The van der Waals surface area contributed by atoms with E-state index in [1.807, 2.05) is 25.1 Å². The van der Waals surface area contributed by atoms with Crippen molar-refractivity contribution in [2.45, 2.75) is 19.5 Å². The van der Waals surface area contributed by atoms with Gasteiger partial charge in [0.25, 0.3) is 0 Å². The Labute approximate surface area is 120 Å². The summed E-state index contributed by atoms with van der Waals surface area (Å²) in [6.07, 6.45) is 0. The number of carbonyl (C=O) groups excluding carboxylic acids is 1. The zero-order valence-electron chi connectivity index (χ0n) is 11.2. The molecule has 1 aliphatic heterocycles. The second-order valence-electron chi connectivity index (χ2n) is 4.43. The Bertz CT molecular complexity index is 386. The Morgan fingerprint density at radius 2 is 2.16 bits per heavy atom. The van der Waals surface area contributed by atoms with Gasteiger partial charge in [-0.05, 0) is 12.5 Å². The molecular weight excluding hydrogens is 264 g/mol. The fourth-order valence-electron chi connectivity index (χ4n) is 2.22. The maximum absolute atomic E-state index is 11.9. The van der Waals surface area contributed by atoms with Crippen LogP contribution in [0.1, 0.15) is 12.5 Å². The zero-order chi connectivity index (χ0) is 12.8. The van der Waals surface area contributed by atoms with Crippen LogP contribution >= 0.6 is 12.4 Å². The summed E-state index contributed by atoms with van der Waals surface area (Å²) in [5, 5.41) is 3.25. The fraction of sp³-hybridized carbons (Fsp3) is 0.500. The number of esters is 1. The summed E-state index contributed by atoms with van der Waals surface area (Å²) < 4.78 is 5.13. The van der Waals surface area contributed by atoms with E-state index in [-0.39, 0.29) is 24.4 Å². The molecule has 4 nitrogen and oxygen atoms in total. The standard InChI is InChI=1S/C14H20N2O2.ClH/c1-2-18-14(17)13-10-15-8-9-16(13)11-12-6-4-3-5-7-12;/h3-7,13,15H,2,8-11H2,1H3;1H. The third-order valence-electron chi connectivity index (χ3n) is 3.14. The maximum atomic E-state index is 11.9. The number of rotatable bonds is 4. The van der Waals surface area contributed by atoms with E-state index < -0.39 is 0 Å². The molecule has 0 aliphatic carbocycles. The molecule has 1 aromatic carbocycles. The van der Waals surface area contributed by atoms with Crippen molar-refractivity contribution in [3.8, 4) is 0 Å². The maximum Gasteiger partial charge on any atom is 0.324 e. The van der Waals surface area contributed by atoms with E-state index in [0.717, 1.165) is 19.6 Å². The molecule has 1 unspecified atom stereocenters. The van der Waals surface area contributed by atoms with Gasteiger partial charge in [0.15, 0.2) is 0 Å². The van der Waals surface area contributed by atoms with Crippen LogP contribution in [0, 0.1) is 0 Å². The van der Waals surface area contributed by atoms with Crippen molar-refractivity contribution >= 4 is 18.4 Å². The van der Waals surface area contributed by atoms with Gasteiger partial charge in [-0.3, -0.25) is 9.69 Å². The highest BCUT2D eigenvalue weighted by Crippen LogP contribution is 2.11. The van der Waals surface area contributed by atoms with Crippen molar-refractivity contribution in [1.29, 1.82) is 0 Å². The number of nitrogens with one attached hydrogen (secondary N) is 1. The largest absolute Gasteiger partial charge is 0.465 e. The van der Waals surface area contributed by atoms with Gasteiger partial charge in [-0.1, -0.05) is 30.3 Å². The van der Waals surface area contributed by atoms with Crippen LogP contribution in [-0.2, 0) is 16.1 Å². The van der Waals surface area contributed by atoms with Gasteiger partial charge in [0.1, 0.15) is 6.04 Å². The lowest BCUT2D eigenvalue weighted by Crippen LogP contribution is -2.54. The summed E-state index contributed by atoms with van der Waals surface area (Å²) in [5.41, 5.74) is 1.23. The molecule has 1 atom stereocenters. The van der Waals surface area contributed by atoms with Crippen LogP contribution in [0.3, 0.4) is 0 Å². The number of hydrogen-bond acceptors (Lipinski definition) is 4. The van der Waals surface area contributed by atoms with Crippen LogP contribution < -0.4 is 5.32 Å². The number of halogens is 1. The predicted octanol–water partition coefficient (Wildman–Crippen LogP) is 1.45. The first kappa shape index (κ1) is 16.0. The smallest absolute Gasteiger partial charge is 0.324 e. The third kappa shape index (κ3) is 4.49.